The van der Waals surface area contributed by atoms with Gasteiger partial charge in [-0.05, 0) is 23.8 Å². The molecule has 2 N–H and O–H groups in total. The van der Waals surface area contributed by atoms with Gasteiger partial charge < -0.3 is 15.3 Å². The van der Waals surface area contributed by atoms with Crippen LogP contribution >= 0.6 is 0 Å². The summed E-state index contributed by atoms with van der Waals surface area (Å²) in [6, 6.07) is 7.36. The van der Waals surface area contributed by atoms with Gasteiger partial charge in [0, 0.05) is 13.6 Å². The first-order valence-electron chi connectivity index (χ1n) is 6.78. The summed E-state index contributed by atoms with van der Waals surface area (Å²) < 4.78 is 0. The molecule has 0 spiro atoms. The lowest BCUT2D eigenvalue weighted by atomic mass is 10.1. The SMILES string of the molecule is CC1CC1CN(C)C(=O)NC(C(=O)O)c1ccccc1. The van der Waals surface area contributed by atoms with E-state index in [4.69, 9.17) is 0 Å². The Balaban J connectivity index is 1.97. The molecular formula is C15H20N2O3. The number of carboxylic acids is 1. The number of aliphatic carboxylic acids is 1. The van der Waals surface area contributed by atoms with Crippen molar-refractivity contribution in [3.63, 3.8) is 0 Å². The quantitative estimate of drug-likeness (QED) is 0.865. The van der Waals surface area contributed by atoms with E-state index < -0.39 is 12.0 Å². The second-order valence-electron chi connectivity index (χ2n) is 5.49. The fourth-order valence-electron chi connectivity index (χ4n) is 2.25. The number of benzene rings is 1. The molecule has 1 aliphatic carbocycles. The molecule has 0 saturated heterocycles. The number of amides is 2. The van der Waals surface area contributed by atoms with E-state index in [0.29, 0.717) is 23.9 Å². The smallest absolute Gasteiger partial charge is 0.330 e. The number of nitrogens with zero attached hydrogens (tertiary/aromatic N) is 1. The second kappa shape index (κ2) is 5.94. The summed E-state index contributed by atoms with van der Waals surface area (Å²) in [5.41, 5.74) is 0.571. The average molecular weight is 276 g/mol. The first kappa shape index (κ1) is 14.4. The Bertz CT molecular complexity index is 489. The molecule has 1 saturated carbocycles. The van der Waals surface area contributed by atoms with Crippen molar-refractivity contribution in [2.24, 2.45) is 11.8 Å². The van der Waals surface area contributed by atoms with E-state index in [1.54, 1.807) is 36.2 Å². The molecule has 0 aromatic heterocycles. The molecule has 3 atom stereocenters. The molecule has 0 radical (unpaired) electrons. The highest BCUT2D eigenvalue weighted by molar-refractivity contribution is 5.83. The molecule has 2 rings (SSSR count). The van der Waals surface area contributed by atoms with Crippen LogP contribution in [0.4, 0.5) is 4.79 Å². The molecule has 108 valence electrons. The summed E-state index contributed by atoms with van der Waals surface area (Å²) in [5.74, 6) is 0.151. The summed E-state index contributed by atoms with van der Waals surface area (Å²) in [7, 11) is 1.70. The standard InChI is InChI=1S/C15H20N2O3/c1-10-8-12(10)9-17(2)15(20)16-13(14(18)19)11-6-4-3-5-7-11/h3-7,10,12-13H,8-9H2,1-2H3,(H,16,20)(H,18,19). The van der Waals surface area contributed by atoms with Crippen LogP contribution in [0.25, 0.3) is 0 Å². The number of hydrogen-bond donors (Lipinski definition) is 2. The van der Waals surface area contributed by atoms with Crippen molar-refractivity contribution in [2.75, 3.05) is 13.6 Å². The maximum atomic E-state index is 12.1. The van der Waals surface area contributed by atoms with E-state index in [-0.39, 0.29) is 6.03 Å². The van der Waals surface area contributed by atoms with Crippen LogP contribution in [0.5, 0.6) is 0 Å². The molecule has 0 bridgehead atoms. The lowest BCUT2D eigenvalue weighted by Crippen LogP contribution is -2.42. The fourth-order valence-corrected chi connectivity index (χ4v) is 2.25. The number of nitrogens with one attached hydrogen (secondary N) is 1. The van der Waals surface area contributed by atoms with Crippen molar-refractivity contribution >= 4 is 12.0 Å². The van der Waals surface area contributed by atoms with Crippen LogP contribution in [0.15, 0.2) is 30.3 Å². The van der Waals surface area contributed by atoms with Crippen LogP contribution in [-0.2, 0) is 4.79 Å². The number of urea groups is 1. The third-order valence-corrected chi connectivity index (χ3v) is 3.78. The van der Waals surface area contributed by atoms with Gasteiger partial charge in [0.15, 0.2) is 6.04 Å². The van der Waals surface area contributed by atoms with E-state index in [0.717, 1.165) is 6.42 Å². The first-order valence-corrected chi connectivity index (χ1v) is 6.78. The van der Waals surface area contributed by atoms with E-state index in [1.165, 1.54) is 0 Å². The Kier molecular flexibility index (Phi) is 4.27. The van der Waals surface area contributed by atoms with Gasteiger partial charge in [-0.15, -0.1) is 0 Å². The minimum atomic E-state index is -1.06. The Labute approximate surface area is 118 Å². The summed E-state index contributed by atoms with van der Waals surface area (Å²) in [6.07, 6.45) is 1.14. The molecule has 1 aliphatic rings. The molecule has 5 nitrogen and oxygen atoms in total. The largest absolute Gasteiger partial charge is 0.479 e. The zero-order valence-corrected chi connectivity index (χ0v) is 11.7. The minimum absolute atomic E-state index is 0.347. The number of carboxylic acid groups (broad SMARTS) is 1. The van der Waals surface area contributed by atoms with Crippen molar-refractivity contribution in [2.45, 2.75) is 19.4 Å². The van der Waals surface area contributed by atoms with Gasteiger partial charge in [-0.25, -0.2) is 9.59 Å². The average Bonchev–Trinajstić information content (AvgIpc) is 3.11. The minimum Gasteiger partial charge on any atom is -0.479 e. The molecule has 1 aromatic rings. The van der Waals surface area contributed by atoms with Crippen LogP contribution in [0.2, 0.25) is 0 Å². The predicted molar refractivity (Wildman–Crippen MR) is 75.3 cm³/mol. The number of carbonyl (C=O) groups is 2. The Hall–Kier alpha value is -2.04. The molecule has 5 heteroatoms. The zero-order valence-electron chi connectivity index (χ0n) is 11.7. The van der Waals surface area contributed by atoms with E-state index in [9.17, 15) is 14.7 Å². The number of rotatable bonds is 5. The molecule has 20 heavy (non-hydrogen) atoms. The van der Waals surface area contributed by atoms with Gasteiger partial charge in [-0.2, -0.15) is 0 Å². The van der Waals surface area contributed by atoms with Crippen molar-refractivity contribution in [3.05, 3.63) is 35.9 Å². The van der Waals surface area contributed by atoms with Gasteiger partial charge in [0.05, 0.1) is 0 Å². The molecule has 3 unspecified atom stereocenters. The van der Waals surface area contributed by atoms with Gasteiger partial charge >= 0.3 is 12.0 Å². The Morgan fingerprint density at radius 1 is 1.40 bits per heavy atom. The second-order valence-corrected chi connectivity index (χ2v) is 5.49. The summed E-state index contributed by atoms with van der Waals surface area (Å²) in [4.78, 5) is 24.9. The molecule has 1 fully saturated rings. The van der Waals surface area contributed by atoms with Gasteiger partial charge in [0.2, 0.25) is 0 Å². The maximum Gasteiger partial charge on any atom is 0.330 e. The van der Waals surface area contributed by atoms with Gasteiger partial charge in [-0.1, -0.05) is 37.3 Å². The third-order valence-electron chi connectivity index (χ3n) is 3.78. The van der Waals surface area contributed by atoms with E-state index in [1.807, 2.05) is 6.07 Å². The summed E-state index contributed by atoms with van der Waals surface area (Å²) in [6.45, 7) is 2.83. The lowest BCUT2D eigenvalue weighted by molar-refractivity contribution is -0.139. The van der Waals surface area contributed by atoms with Crippen molar-refractivity contribution in [1.82, 2.24) is 10.2 Å². The highest BCUT2D eigenvalue weighted by Crippen LogP contribution is 2.37. The van der Waals surface area contributed by atoms with E-state index >= 15 is 0 Å². The molecule has 0 aliphatic heterocycles. The first-order chi connectivity index (χ1) is 9.49. The Morgan fingerprint density at radius 3 is 2.50 bits per heavy atom. The van der Waals surface area contributed by atoms with Crippen molar-refractivity contribution < 1.29 is 14.7 Å². The van der Waals surface area contributed by atoms with Crippen LogP contribution < -0.4 is 5.32 Å². The third kappa shape index (κ3) is 3.50. The molecule has 2 amide bonds. The van der Waals surface area contributed by atoms with Gasteiger partial charge in [-0.3, -0.25) is 0 Å². The van der Waals surface area contributed by atoms with E-state index in [2.05, 4.69) is 12.2 Å². The van der Waals surface area contributed by atoms with Crippen molar-refractivity contribution in [1.29, 1.82) is 0 Å². The number of hydrogen-bond acceptors (Lipinski definition) is 2. The van der Waals surface area contributed by atoms with Crippen LogP contribution in [0.3, 0.4) is 0 Å². The summed E-state index contributed by atoms with van der Waals surface area (Å²) >= 11 is 0. The fraction of sp³-hybridized carbons (Fsp3) is 0.467. The lowest BCUT2D eigenvalue weighted by Gasteiger charge is -2.21. The predicted octanol–water partition coefficient (Wildman–Crippen LogP) is 2.11. The van der Waals surface area contributed by atoms with Crippen LogP contribution in [-0.4, -0.2) is 35.6 Å². The maximum absolute atomic E-state index is 12.1. The highest BCUT2D eigenvalue weighted by Gasteiger charge is 2.34. The van der Waals surface area contributed by atoms with Gasteiger partial charge in [0.25, 0.3) is 0 Å². The van der Waals surface area contributed by atoms with Gasteiger partial charge in [0.1, 0.15) is 0 Å². The normalized spacial score (nSPS) is 21.9. The Morgan fingerprint density at radius 2 is 2.00 bits per heavy atom. The summed E-state index contributed by atoms with van der Waals surface area (Å²) in [5, 5.41) is 11.8. The molecular weight excluding hydrogens is 256 g/mol. The van der Waals surface area contributed by atoms with Crippen molar-refractivity contribution in [3.8, 4) is 0 Å². The molecule has 1 aromatic carbocycles. The zero-order chi connectivity index (χ0) is 14.7. The topological polar surface area (TPSA) is 69.6 Å². The highest BCUT2D eigenvalue weighted by atomic mass is 16.4. The molecule has 0 heterocycles. The number of carbonyl (C=O) groups excluding carboxylic acids is 1. The van der Waals surface area contributed by atoms with Crippen LogP contribution in [0.1, 0.15) is 24.9 Å². The monoisotopic (exact) mass is 276 g/mol. The van der Waals surface area contributed by atoms with Crippen LogP contribution in [0, 0.1) is 11.8 Å².